The number of hydrogen-bond donors (Lipinski definition) is 1. The van der Waals surface area contributed by atoms with Crippen LogP contribution in [0.5, 0.6) is 0 Å². The maximum atomic E-state index is 11.9. The van der Waals surface area contributed by atoms with Crippen LogP contribution < -0.4 is 5.73 Å². The first-order chi connectivity index (χ1) is 8.19. The minimum Gasteiger partial charge on any atom is -0.343 e. The van der Waals surface area contributed by atoms with Gasteiger partial charge in [-0.3, -0.25) is 4.79 Å². The zero-order chi connectivity index (χ0) is 12.7. The summed E-state index contributed by atoms with van der Waals surface area (Å²) in [6.45, 7) is 6.28. The Morgan fingerprint density at radius 1 is 1.32 bits per heavy atom. The summed E-state index contributed by atoms with van der Waals surface area (Å²) in [7, 11) is 1.94. The van der Waals surface area contributed by atoms with Crippen molar-refractivity contribution in [3.63, 3.8) is 0 Å². The Labute approximate surface area is 129 Å². The van der Waals surface area contributed by atoms with E-state index in [0.717, 1.165) is 32.4 Å². The molecule has 1 amide bonds. The molecule has 0 radical (unpaired) electrons. The number of amides is 1. The molecule has 0 aliphatic carbocycles. The van der Waals surface area contributed by atoms with Crippen LogP contribution in [0, 0.1) is 0 Å². The SMILES string of the molecule is CCCN1CCC(N(C)C(=O)CCCN)CC1.Cl.Cl. The van der Waals surface area contributed by atoms with E-state index in [1.54, 1.807) is 0 Å². The molecule has 1 saturated heterocycles. The number of carbonyl (C=O) groups excluding carboxylic acids is 1. The fourth-order valence-electron chi connectivity index (χ4n) is 2.48. The van der Waals surface area contributed by atoms with E-state index >= 15 is 0 Å². The third-order valence-electron chi connectivity index (χ3n) is 3.63. The quantitative estimate of drug-likeness (QED) is 0.815. The molecule has 1 aliphatic rings. The van der Waals surface area contributed by atoms with Gasteiger partial charge >= 0.3 is 0 Å². The Balaban J connectivity index is 0. The maximum absolute atomic E-state index is 11.9. The van der Waals surface area contributed by atoms with Gasteiger partial charge < -0.3 is 15.5 Å². The highest BCUT2D eigenvalue weighted by Gasteiger charge is 2.24. The smallest absolute Gasteiger partial charge is 0.222 e. The van der Waals surface area contributed by atoms with Crippen LogP contribution in [0.4, 0.5) is 0 Å². The minimum absolute atomic E-state index is 0. The van der Waals surface area contributed by atoms with Gasteiger partial charge in [0.15, 0.2) is 0 Å². The number of carbonyl (C=O) groups is 1. The minimum atomic E-state index is 0. The van der Waals surface area contributed by atoms with Crippen LogP contribution in [0.3, 0.4) is 0 Å². The first kappa shape index (κ1) is 21.3. The van der Waals surface area contributed by atoms with Crippen molar-refractivity contribution in [2.75, 3.05) is 33.2 Å². The lowest BCUT2D eigenvalue weighted by atomic mass is 10.0. The van der Waals surface area contributed by atoms with Crippen molar-refractivity contribution >= 4 is 30.7 Å². The summed E-state index contributed by atoms with van der Waals surface area (Å²) in [5, 5.41) is 0. The molecule has 0 unspecified atom stereocenters. The van der Waals surface area contributed by atoms with Gasteiger partial charge in [-0.05, 0) is 38.8 Å². The second kappa shape index (κ2) is 11.8. The lowest BCUT2D eigenvalue weighted by Crippen LogP contribution is -2.45. The van der Waals surface area contributed by atoms with Crippen LogP contribution >= 0.6 is 24.8 Å². The van der Waals surface area contributed by atoms with Crippen LogP contribution in [0.1, 0.15) is 39.0 Å². The van der Waals surface area contributed by atoms with E-state index in [0.29, 0.717) is 19.0 Å². The van der Waals surface area contributed by atoms with Crippen molar-refractivity contribution in [1.29, 1.82) is 0 Å². The topological polar surface area (TPSA) is 49.6 Å². The molecular formula is C13H29Cl2N3O. The van der Waals surface area contributed by atoms with Crippen molar-refractivity contribution < 1.29 is 4.79 Å². The van der Waals surface area contributed by atoms with Crippen LogP contribution in [0.15, 0.2) is 0 Å². The Morgan fingerprint density at radius 3 is 2.37 bits per heavy atom. The third kappa shape index (κ3) is 7.35. The summed E-state index contributed by atoms with van der Waals surface area (Å²) in [5.41, 5.74) is 5.43. The van der Waals surface area contributed by atoms with E-state index in [-0.39, 0.29) is 30.7 Å². The second-order valence-electron chi connectivity index (χ2n) is 4.97. The maximum Gasteiger partial charge on any atom is 0.222 e. The van der Waals surface area contributed by atoms with Crippen LogP contribution in [0.25, 0.3) is 0 Å². The van der Waals surface area contributed by atoms with E-state index in [2.05, 4.69) is 11.8 Å². The predicted molar refractivity (Wildman–Crippen MR) is 85.3 cm³/mol. The molecule has 2 N–H and O–H groups in total. The summed E-state index contributed by atoms with van der Waals surface area (Å²) in [5.74, 6) is 0.254. The average Bonchev–Trinajstić information content (AvgIpc) is 2.36. The largest absolute Gasteiger partial charge is 0.343 e. The van der Waals surface area contributed by atoms with Crippen LogP contribution in [-0.2, 0) is 4.79 Å². The number of rotatable bonds is 6. The average molecular weight is 314 g/mol. The Morgan fingerprint density at radius 2 is 1.89 bits per heavy atom. The zero-order valence-electron chi connectivity index (χ0n) is 12.1. The first-order valence-corrected chi connectivity index (χ1v) is 6.87. The van der Waals surface area contributed by atoms with Gasteiger partial charge in [0.2, 0.25) is 5.91 Å². The molecule has 1 fully saturated rings. The van der Waals surface area contributed by atoms with Gasteiger partial charge in [0.1, 0.15) is 0 Å². The molecule has 0 bridgehead atoms. The number of piperidine rings is 1. The normalized spacial score (nSPS) is 16.4. The first-order valence-electron chi connectivity index (χ1n) is 6.87. The molecule has 6 heteroatoms. The van der Waals surface area contributed by atoms with Crippen LogP contribution in [0.2, 0.25) is 0 Å². The molecule has 116 valence electrons. The highest BCUT2D eigenvalue weighted by molar-refractivity contribution is 5.85. The van der Waals surface area contributed by atoms with Gasteiger partial charge in [0.25, 0.3) is 0 Å². The van der Waals surface area contributed by atoms with Crippen molar-refractivity contribution in [2.45, 2.75) is 45.1 Å². The monoisotopic (exact) mass is 313 g/mol. The number of halogens is 2. The Bertz CT molecular complexity index is 234. The predicted octanol–water partition coefficient (Wildman–Crippen LogP) is 1.90. The molecule has 1 heterocycles. The molecule has 1 rings (SSSR count). The van der Waals surface area contributed by atoms with Gasteiger partial charge in [-0.25, -0.2) is 0 Å². The van der Waals surface area contributed by atoms with Crippen LogP contribution in [-0.4, -0.2) is 55.0 Å². The van der Waals surface area contributed by atoms with Gasteiger partial charge in [-0.2, -0.15) is 0 Å². The highest BCUT2D eigenvalue weighted by Crippen LogP contribution is 2.16. The molecule has 0 spiro atoms. The third-order valence-corrected chi connectivity index (χ3v) is 3.63. The summed E-state index contributed by atoms with van der Waals surface area (Å²) in [4.78, 5) is 16.3. The Hall–Kier alpha value is -0.0300. The van der Waals surface area contributed by atoms with Crippen molar-refractivity contribution in [1.82, 2.24) is 9.80 Å². The number of nitrogens with zero attached hydrogens (tertiary/aromatic N) is 2. The second-order valence-corrected chi connectivity index (χ2v) is 4.97. The molecule has 0 aromatic carbocycles. The van der Waals surface area contributed by atoms with Crippen molar-refractivity contribution in [3.05, 3.63) is 0 Å². The molecule has 0 aromatic heterocycles. The van der Waals surface area contributed by atoms with E-state index in [1.807, 2.05) is 11.9 Å². The summed E-state index contributed by atoms with van der Waals surface area (Å²) in [6.07, 6.45) is 4.85. The molecule has 4 nitrogen and oxygen atoms in total. The summed E-state index contributed by atoms with van der Waals surface area (Å²) < 4.78 is 0. The molecule has 0 saturated carbocycles. The van der Waals surface area contributed by atoms with Gasteiger partial charge in [-0.15, -0.1) is 24.8 Å². The fraction of sp³-hybridized carbons (Fsp3) is 0.923. The highest BCUT2D eigenvalue weighted by atomic mass is 35.5. The molecular weight excluding hydrogens is 285 g/mol. The lowest BCUT2D eigenvalue weighted by Gasteiger charge is -2.36. The molecule has 0 atom stereocenters. The standard InChI is InChI=1S/C13H27N3O.2ClH/c1-3-9-16-10-6-12(7-11-16)15(2)13(17)5-4-8-14;;/h12H,3-11,14H2,1-2H3;2*1H. The summed E-state index contributed by atoms with van der Waals surface area (Å²) in [6, 6.07) is 0.438. The molecule has 0 aromatic rings. The number of likely N-dealkylation sites (tertiary alicyclic amines) is 1. The molecule has 1 aliphatic heterocycles. The lowest BCUT2D eigenvalue weighted by molar-refractivity contribution is -0.132. The van der Waals surface area contributed by atoms with Crippen molar-refractivity contribution in [3.8, 4) is 0 Å². The van der Waals surface area contributed by atoms with Gasteiger partial charge in [0.05, 0.1) is 0 Å². The fourth-order valence-corrected chi connectivity index (χ4v) is 2.48. The number of hydrogen-bond acceptors (Lipinski definition) is 3. The van der Waals surface area contributed by atoms with Gasteiger partial charge in [-0.1, -0.05) is 6.92 Å². The van der Waals surface area contributed by atoms with E-state index in [4.69, 9.17) is 5.73 Å². The number of nitrogens with two attached hydrogens (primary N) is 1. The van der Waals surface area contributed by atoms with E-state index in [9.17, 15) is 4.79 Å². The van der Waals surface area contributed by atoms with Crippen molar-refractivity contribution in [2.24, 2.45) is 5.73 Å². The van der Waals surface area contributed by atoms with Gasteiger partial charge in [0, 0.05) is 32.6 Å². The van der Waals surface area contributed by atoms with E-state index in [1.165, 1.54) is 13.0 Å². The molecule has 19 heavy (non-hydrogen) atoms. The Kier molecular flexibility index (Phi) is 13.2. The summed E-state index contributed by atoms with van der Waals surface area (Å²) >= 11 is 0. The van der Waals surface area contributed by atoms with E-state index < -0.39 is 0 Å². The zero-order valence-corrected chi connectivity index (χ0v) is 13.8.